The van der Waals surface area contributed by atoms with Crippen LogP contribution in [0.25, 0.3) is 11.0 Å². The van der Waals surface area contributed by atoms with E-state index in [1.165, 1.54) is 7.11 Å². The lowest BCUT2D eigenvalue weighted by Crippen LogP contribution is -2.48. The first-order chi connectivity index (χ1) is 10.4. The zero-order valence-corrected chi connectivity index (χ0v) is 12.9. The molecule has 1 unspecified atom stereocenters. The molecule has 1 heterocycles. The first-order valence-electron chi connectivity index (χ1n) is 7.06. The number of benzene rings is 1. The molecule has 0 aliphatic heterocycles. The minimum Gasteiger partial charge on any atom is -0.465 e. The van der Waals surface area contributed by atoms with Crippen LogP contribution in [0.2, 0.25) is 0 Å². The molecule has 0 saturated carbocycles. The molecule has 1 atom stereocenters. The van der Waals surface area contributed by atoms with Gasteiger partial charge in [0.1, 0.15) is 5.52 Å². The molecule has 0 bridgehead atoms. The number of carbonyl (C=O) groups is 2. The summed E-state index contributed by atoms with van der Waals surface area (Å²) < 4.78 is 4.72. The summed E-state index contributed by atoms with van der Waals surface area (Å²) in [7, 11) is 1.31. The lowest BCUT2D eigenvalue weighted by atomic mass is 9.97. The Morgan fingerprint density at radius 3 is 2.82 bits per heavy atom. The monoisotopic (exact) mass is 304 g/mol. The van der Waals surface area contributed by atoms with Crippen molar-refractivity contribution < 1.29 is 14.3 Å². The molecule has 118 valence electrons. The fraction of sp³-hybridized carbons (Fsp3) is 0.400. The minimum atomic E-state index is -0.973. The number of imidazole rings is 1. The maximum Gasteiger partial charge on any atom is 0.340 e. The summed E-state index contributed by atoms with van der Waals surface area (Å²) in [6, 6.07) is 5.09. The number of anilines is 1. The highest BCUT2D eigenvalue weighted by atomic mass is 16.5. The molecule has 2 aromatic rings. The number of methoxy groups -OCH3 is 1. The van der Waals surface area contributed by atoms with Crippen molar-refractivity contribution in [3.8, 4) is 0 Å². The smallest absolute Gasteiger partial charge is 0.340 e. The van der Waals surface area contributed by atoms with Crippen LogP contribution in [0.4, 0.5) is 5.95 Å². The number of nitrogens with two attached hydrogens (primary N) is 1. The summed E-state index contributed by atoms with van der Waals surface area (Å²) in [4.78, 5) is 31.1. The Bertz CT molecular complexity index is 706. The standard InChI is InChI=1S/C15H20N4O3/c1-4-8-15(2,16)13(21)19-14-17-10-7-5-6-9(11(10)18-14)12(20)22-3/h5-7H,4,8,16H2,1-3H3,(H2,17,18,19,21). The van der Waals surface area contributed by atoms with Crippen molar-refractivity contribution in [2.24, 2.45) is 5.73 Å². The number of hydrogen-bond donors (Lipinski definition) is 3. The number of esters is 1. The quantitative estimate of drug-likeness (QED) is 0.730. The second-order valence-electron chi connectivity index (χ2n) is 5.40. The van der Waals surface area contributed by atoms with Crippen LogP contribution in [0.1, 0.15) is 37.0 Å². The average molecular weight is 304 g/mol. The van der Waals surface area contributed by atoms with E-state index in [-0.39, 0.29) is 11.9 Å². The van der Waals surface area contributed by atoms with Gasteiger partial charge in [-0.25, -0.2) is 9.78 Å². The summed E-state index contributed by atoms with van der Waals surface area (Å²) in [5.41, 5.74) is 6.42. The van der Waals surface area contributed by atoms with E-state index in [9.17, 15) is 9.59 Å². The number of aromatic nitrogens is 2. The number of fused-ring (bicyclic) bond motifs is 1. The molecule has 4 N–H and O–H groups in total. The van der Waals surface area contributed by atoms with Gasteiger partial charge in [0.25, 0.3) is 0 Å². The molecule has 0 aliphatic rings. The number of ether oxygens (including phenoxy) is 1. The number of nitrogens with zero attached hydrogens (tertiary/aromatic N) is 1. The van der Waals surface area contributed by atoms with Gasteiger partial charge in [-0.1, -0.05) is 19.4 Å². The highest BCUT2D eigenvalue weighted by Crippen LogP contribution is 2.20. The van der Waals surface area contributed by atoms with E-state index in [2.05, 4.69) is 15.3 Å². The molecular formula is C15H20N4O3. The molecule has 0 saturated heterocycles. The van der Waals surface area contributed by atoms with Gasteiger partial charge in [0.05, 0.1) is 23.7 Å². The van der Waals surface area contributed by atoms with Gasteiger partial charge in [-0.05, 0) is 25.5 Å². The maximum absolute atomic E-state index is 12.2. The van der Waals surface area contributed by atoms with Crippen molar-refractivity contribution in [2.75, 3.05) is 12.4 Å². The topological polar surface area (TPSA) is 110 Å². The van der Waals surface area contributed by atoms with E-state index in [4.69, 9.17) is 10.5 Å². The van der Waals surface area contributed by atoms with Crippen molar-refractivity contribution in [1.29, 1.82) is 0 Å². The predicted octanol–water partition coefficient (Wildman–Crippen LogP) is 1.81. The summed E-state index contributed by atoms with van der Waals surface area (Å²) in [6.45, 7) is 3.64. The van der Waals surface area contributed by atoms with Crippen LogP contribution in [-0.4, -0.2) is 34.5 Å². The number of carbonyl (C=O) groups excluding carboxylic acids is 2. The molecule has 0 radical (unpaired) electrons. The lowest BCUT2D eigenvalue weighted by molar-refractivity contribution is -0.120. The van der Waals surface area contributed by atoms with Gasteiger partial charge in [-0.15, -0.1) is 0 Å². The molecule has 7 heteroatoms. The van der Waals surface area contributed by atoms with Crippen LogP contribution < -0.4 is 11.1 Å². The summed E-state index contributed by atoms with van der Waals surface area (Å²) in [6.07, 6.45) is 1.36. The van der Waals surface area contributed by atoms with Crippen molar-refractivity contribution in [3.63, 3.8) is 0 Å². The van der Waals surface area contributed by atoms with E-state index in [1.54, 1.807) is 25.1 Å². The van der Waals surface area contributed by atoms with Crippen molar-refractivity contribution in [3.05, 3.63) is 23.8 Å². The summed E-state index contributed by atoms with van der Waals surface area (Å²) in [5, 5.41) is 2.66. The number of hydrogen-bond acceptors (Lipinski definition) is 5. The fourth-order valence-corrected chi connectivity index (χ4v) is 2.25. The van der Waals surface area contributed by atoms with E-state index in [0.29, 0.717) is 23.0 Å². The molecule has 1 aromatic carbocycles. The van der Waals surface area contributed by atoms with Crippen molar-refractivity contribution >= 4 is 28.9 Å². The number of H-pyrrole nitrogens is 1. The fourth-order valence-electron chi connectivity index (χ4n) is 2.25. The van der Waals surface area contributed by atoms with Crippen LogP contribution in [0.3, 0.4) is 0 Å². The highest BCUT2D eigenvalue weighted by molar-refractivity contribution is 6.03. The average Bonchev–Trinajstić information content (AvgIpc) is 2.88. The number of nitrogens with one attached hydrogen (secondary N) is 2. The third-order valence-electron chi connectivity index (χ3n) is 3.44. The highest BCUT2D eigenvalue weighted by Gasteiger charge is 2.28. The zero-order valence-electron chi connectivity index (χ0n) is 12.9. The Morgan fingerprint density at radius 1 is 1.45 bits per heavy atom. The third-order valence-corrected chi connectivity index (χ3v) is 3.44. The first kappa shape index (κ1) is 16.0. The van der Waals surface area contributed by atoms with Crippen LogP contribution in [0.5, 0.6) is 0 Å². The van der Waals surface area contributed by atoms with Crippen molar-refractivity contribution in [1.82, 2.24) is 9.97 Å². The molecular weight excluding hydrogens is 284 g/mol. The van der Waals surface area contributed by atoms with Crippen LogP contribution in [0.15, 0.2) is 18.2 Å². The van der Waals surface area contributed by atoms with Crippen LogP contribution >= 0.6 is 0 Å². The molecule has 22 heavy (non-hydrogen) atoms. The Hall–Kier alpha value is -2.41. The summed E-state index contributed by atoms with van der Waals surface area (Å²) in [5.74, 6) is -0.554. The normalized spacial score (nSPS) is 13.6. The third kappa shape index (κ3) is 3.09. The van der Waals surface area contributed by atoms with E-state index in [0.717, 1.165) is 6.42 Å². The SMILES string of the molecule is CCCC(C)(N)C(=O)Nc1nc2c(C(=O)OC)cccc2[nH]1. The van der Waals surface area contributed by atoms with Gasteiger partial charge in [-0.3, -0.25) is 10.1 Å². The predicted molar refractivity (Wildman–Crippen MR) is 83.6 cm³/mol. The molecule has 1 amide bonds. The van der Waals surface area contributed by atoms with E-state index < -0.39 is 11.5 Å². The Balaban J connectivity index is 2.31. The Labute approximate surface area is 128 Å². The Kier molecular flexibility index (Phi) is 4.46. The van der Waals surface area contributed by atoms with Gasteiger partial charge >= 0.3 is 5.97 Å². The number of para-hydroxylation sites is 1. The largest absolute Gasteiger partial charge is 0.465 e. The maximum atomic E-state index is 12.2. The lowest BCUT2D eigenvalue weighted by Gasteiger charge is -2.21. The first-order valence-corrected chi connectivity index (χ1v) is 7.06. The van der Waals surface area contributed by atoms with Gasteiger partial charge in [-0.2, -0.15) is 0 Å². The van der Waals surface area contributed by atoms with E-state index in [1.807, 2.05) is 6.92 Å². The number of rotatable bonds is 5. The van der Waals surface area contributed by atoms with E-state index >= 15 is 0 Å². The molecule has 2 rings (SSSR count). The van der Waals surface area contributed by atoms with Crippen molar-refractivity contribution in [2.45, 2.75) is 32.2 Å². The zero-order chi connectivity index (χ0) is 16.3. The van der Waals surface area contributed by atoms with Gasteiger partial charge in [0.2, 0.25) is 11.9 Å². The van der Waals surface area contributed by atoms with Crippen LogP contribution in [-0.2, 0) is 9.53 Å². The summed E-state index contributed by atoms with van der Waals surface area (Å²) >= 11 is 0. The second kappa shape index (κ2) is 6.15. The van der Waals surface area contributed by atoms with Gasteiger partial charge in [0.15, 0.2) is 0 Å². The van der Waals surface area contributed by atoms with Crippen LogP contribution in [0, 0.1) is 0 Å². The molecule has 7 nitrogen and oxygen atoms in total. The molecule has 0 fully saturated rings. The van der Waals surface area contributed by atoms with Gasteiger partial charge in [0, 0.05) is 0 Å². The number of aromatic amines is 1. The minimum absolute atomic E-state index is 0.254. The molecule has 0 spiro atoms. The number of amides is 1. The second-order valence-corrected chi connectivity index (χ2v) is 5.40. The Morgan fingerprint density at radius 2 is 2.18 bits per heavy atom. The molecule has 0 aliphatic carbocycles. The molecule has 1 aromatic heterocycles. The van der Waals surface area contributed by atoms with Gasteiger partial charge < -0.3 is 15.5 Å².